The minimum Gasteiger partial charge on any atom is -0.352 e. The third-order valence-electron chi connectivity index (χ3n) is 1.93. The Bertz CT molecular complexity index is 364. The molecule has 15 heavy (non-hydrogen) atoms. The molecular weight excluding hydrogens is 190 g/mol. The molecule has 0 unspecified atom stereocenters. The fourth-order valence-corrected chi connectivity index (χ4v) is 1.09. The average molecular weight is 203 g/mol. The molecule has 0 saturated carbocycles. The number of nitrogens with two attached hydrogens (primary N) is 1. The first-order valence-corrected chi connectivity index (χ1v) is 4.73. The Labute approximate surface area is 88.9 Å². The van der Waals surface area contributed by atoms with Gasteiger partial charge in [-0.3, -0.25) is 4.79 Å². The van der Waals surface area contributed by atoms with Gasteiger partial charge in [0, 0.05) is 12.1 Å². The van der Waals surface area contributed by atoms with Crippen LogP contribution in [0.3, 0.4) is 0 Å². The second kappa shape index (κ2) is 5.78. The van der Waals surface area contributed by atoms with Crippen molar-refractivity contribution in [3.63, 3.8) is 0 Å². The van der Waals surface area contributed by atoms with Crippen LogP contribution in [0.4, 0.5) is 5.69 Å². The summed E-state index contributed by atoms with van der Waals surface area (Å²) in [6.07, 6.45) is 0.770. The molecule has 0 heterocycles. The van der Waals surface area contributed by atoms with E-state index in [0.717, 1.165) is 6.42 Å². The zero-order chi connectivity index (χ0) is 11.1. The van der Waals surface area contributed by atoms with Crippen LogP contribution in [0.25, 0.3) is 4.85 Å². The maximum absolute atomic E-state index is 11.5. The number of carbonyl (C=O) groups excluding carboxylic acids is 1. The molecular formula is C11H13N3O. The van der Waals surface area contributed by atoms with Gasteiger partial charge >= 0.3 is 0 Å². The first kappa shape index (κ1) is 11.2. The van der Waals surface area contributed by atoms with Gasteiger partial charge in [-0.15, -0.1) is 0 Å². The fourth-order valence-electron chi connectivity index (χ4n) is 1.09. The summed E-state index contributed by atoms with van der Waals surface area (Å²) in [6, 6.07) is 6.55. The molecule has 0 aromatic heterocycles. The topological polar surface area (TPSA) is 59.5 Å². The van der Waals surface area contributed by atoms with Crippen LogP contribution >= 0.6 is 0 Å². The van der Waals surface area contributed by atoms with Gasteiger partial charge in [0.05, 0.1) is 6.57 Å². The van der Waals surface area contributed by atoms with E-state index in [4.69, 9.17) is 12.3 Å². The first-order chi connectivity index (χ1) is 7.27. The monoisotopic (exact) mass is 203 g/mol. The predicted molar refractivity (Wildman–Crippen MR) is 58.7 cm³/mol. The predicted octanol–water partition coefficient (Wildman–Crippen LogP) is 1.32. The largest absolute Gasteiger partial charge is 0.352 e. The molecule has 1 amide bonds. The highest BCUT2D eigenvalue weighted by Gasteiger charge is 2.03. The van der Waals surface area contributed by atoms with Crippen molar-refractivity contribution in [1.82, 2.24) is 5.32 Å². The van der Waals surface area contributed by atoms with E-state index in [1.807, 2.05) is 0 Å². The van der Waals surface area contributed by atoms with Crippen LogP contribution in [0.1, 0.15) is 16.8 Å². The third kappa shape index (κ3) is 3.41. The quantitative estimate of drug-likeness (QED) is 0.572. The van der Waals surface area contributed by atoms with Gasteiger partial charge in [0.15, 0.2) is 5.69 Å². The van der Waals surface area contributed by atoms with Crippen LogP contribution in [0.5, 0.6) is 0 Å². The van der Waals surface area contributed by atoms with Crippen LogP contribution in [0.2, 0.25) is 0 Å². The molecule has 0 bridgehead atoms. The highest BCUT2D eigenvalue weighted by Crippen LogP contribution is 2.12. The van der Waals surface area contributed by atoms with Gasteiger partial charge in [-0.05, 0) is 13.0 Å². The summed E-state index contributed by atoms with van der Waals surface area (Å²) in [5, 5.41) is 2.74. The zero-order valence-corrected chi connectivity index (χ0v) is 8.36. The molecule has 4 heteroatoms. The van der Waals surface area contributed by atoms with Crippen molar-refractivity contribution in [3.8, 4) is 0 Å². The van der Waals surface area contributed by atoms with E-state index >= 15 is 0 Å². The van der Waals surface area contributed by atoms with Crippen molar-refractivity contribution in [2.75, 3.05) is 13.1 Å². The Morgan fingerprint density at radius 1 is 1.40 bits per heavy atom. The van der Waals surface area contributed by atoms with Crippen molar-refractivity contribution >= 4 is 11.6 Å². The molecule has 0 radical (unpaired) electrons. The Kier molecular flexibility index (Phi) is 4.32. The van der Waals surface area contributed by atoms with Crippen LogP contribution in [0.15, 0.2) is 24.3 Å². The number of amides is 1. The normalized spacial score (nSPS) is 9.33. The Hall–Kier alpha value is -1.86. The minimum atomic E-state index is -0.125. The molecule has 1 aromatic rings. The molecule has 0 spiro atoms. The van der Waals surface area contributed by atoms with Gasteiger partial charge in [-0.2, -0.15) is 0 Å². The summed E-state index contributed by atoms with van der Waals surface area (Å²) in [4.78, 5) is 14.7. The summed E-state index contributed by atoms with van der Waals surface area (Å²) in [6.45, 7) is 7.92. The van der Waals surface area contributed by atoms with Crippen molar-refractivity contribution in [2.45, 2.75) is 6.42 Å². The van der Waals surface area contributed by atoms with Crippen LogP contribution in [0, 0.1) is 6.57 Å². The van der Waals surface area contributed by atoms with Crippen molar-refractivity contribution in [1.29, 1.82) is 0 Å². The zero-order valence-electron chi connectivity index (χ0n) is 8.36. The Balaban J connectivity index is 2.55. The summed E-state index contributed by atoms with van der Waals surface area (Å²) >= 11 is 0. The Morgan fingerprint density at radius 3 is 2.60 bits per heavy atom. The van der Waals surface area contributed by atoms with Crippen LogP contribution in [-0.2, 0) is 0 Å². The maximum Gasteiger partial charge on any atom is 0.251 e. The van der Waals surface area contributed by atoms with E-state index in [1.54, 1.807) is 24.3 Å². The lowest BCUT2D eigenvalue weighted by Gasteiger charge is -2.03. The minimum absolute atomic E-state index is 0.125. The van der Waals surface area contributed by atoms with E-state index < -0.39 is 0 Å². The maximum atomic E-state index is 11.5. The summed E-state index contributed by atoms with van der Waals surface area (Å²) in [5.74, 6) is -0.125. The number of carbonyl (C=O) groups is 1. The van der Waals surface area contributed by atoms with E-state index in [0.29, 0.717) is 24.3 Å². The average Bonchev–Trinajstić information content (AvgIpc) is 2.29. The molecule has 0 aliphatic heterocycles. The third-order valence-corrected chi connectivity index (χ3v) is 1.93. The van der Waals surface area contributed by atoms with Crippen LogP contribution in [-0.4, -0.2) is 19.0 Å². The molecule has 0 fully saturated rings. The smallest absolute Gasteiger partial charge is 0.251 e. The van der Waals surface area contributed by atoms with Gasteiger partial charge < -0.3 is 11.1 Å². The molecule has 0 aliphatic rings. The summed E-state index contributed by atoms with van der Waals surface area (Å²) in [7, 11) is 0. The molecule has 3 N–H and O–H groups in total. The number of hydrogen-bond acceptors (Lipinski definition) is 2. The van der Waals surface area contributed by atoms with Gasteiger partial charge in [0.25, 0.3) is 5.91 Å². The highest BCUT2D eigenvalue weighted by molar-refractivity contribution is 5.94. The highest BCUT2D eigenvalue weighted by atomic mass is 16.1. The molecule has 1 rings (SSSR count). The van der Waals surface area contributed by atoms with E-state index in [2.05, 4.69) is 10.2 Å². The number of benzene rings is 1. The lowest BCUT2D eigenvalue weighted by molar-refractivity contribution is 0.0953. The van der Waals surface area contributed by atoms with Gasteiger partial charge in [0.2, 0.25) is 0 Å². The van der Waals surface area contributed by atoms with E-state index in [9.17, 15) is 4.79 Å². The number of rotatable bonds is 4. The first-order valence-electron chi connectivity index (χ1n) is 4.73. The summed E-state index contributed by atoms with van der Waals surface area (Å²) in [5.41, 5.74) is 6.41. The lowest BCUT2D eigenvalue weighted by Crippen LogP contribution is -2.25. The molecule has 0 atom stereocenters. The van der Waals surface area contributed by atoms with E-state index in [1.165, 1.54) is 0 Å². The van der Waals surface area contributed by atoms with Gasteiger partial charge in [-0.1, -0.05) is 24.3 Å². The van der Waals surface area contributed by atoms with Gasteiger partial charge in [-0.25, -0.2) is 4.85 Å². The molecule has 4 nitrogen and oxygen atoms in total. The Morgan fingerprint density at radius 2 is 2.07 bits per heavy atom. The van der Waals surface area contributed by atoms with Crippen molar-refractivity contribution < 1.29 is 4.79 Å². The fraction of sp³-hybridized carbons (Fsp3) is 0.273. The molecule has 0 aliphatic carbocycles. The van der Waals surface area contributed by atoms with Crippen molar-refractivity contribution in [2.24, 2.45) is 5.73 Å². The lowest BCUT2D eigenvalue weighted by atomic mass is 10.2. The number of nitrogens with zero attached hydrogens (tertiary/aromatic N) is 1. The standard InChI is InChI=1S/C11H13N3O/c1-13-10-5-3-9(4-6-10)11(15)14-8-2-7-12/h3-6H,2,7-8,12H2,(H,14,15). The molecule has 0 saturated heterocycles. The summed E-state index contributed by atoms with van der Waals surface area (Å²) < 4.78 is 0. The second-order valence-electron chi connectivity index (χ2n) is 3.06. The molecule has 1 aromatic carbocycles. The van der Waals surface area contributed by atoms with Crippen molar-refractivity contribution in [3.05, 3.63) is 41.2 Å². The number of nitrogens with one attached hydrogen (secondary N) is 1. The number of hydrogen-bond donors (Lipinski definition) is 2. The van der Waals surface area contributed by atoms with E-state index in [-0.39, 0.29) is 5.91 Å². The van der Waals surface area contributed by atoms with Gasteiger partial charge in [0.1, 0.15) is 0 Å². The SMILES string of the molecule is [C-]#[N+]c1ccc(C(=O)NCCCN)cc1. The molecule has 78 valence electrons. The second-order valence-corrected chi connectivity index (χ2v) is 3.06. The van der Waals surface area contributed by atoms with Crippen LogP contribution < -0.4 is 11.1 Å².